The lowest BCUT2D eigenvalue weighted by Gasteiger charge is -2.11. The lowest BCUT2D eigenvalue weighted by Crippen LogP contribution is -2.20. The Balaban J connectivity index is 1.95. The molecule has 1 saturated carbocycles. The number of carbonyl (C=O) groups is 1. The molecule has 0 bridgehead atoms. The van der Waals surface area contributed by atoms with Gasteiger partial charge in [-0.25, -0.2) is 12.4 Å². The molecule has 0 aliphatic heterocycles. The van der Waals surface area contributed by atoms with Crippen LogP contribution in [0.5, 0.6) is 0 Å². The maximum Gasteiger partial charge on any atom is 0.250 e. The first-order valence-corrected chi connectivity index (χ1v) is 13.0. The lowest BCUT2D eigenvalue weighted by molar-refractivity contribution is 0.100. The zero-order valence-corrected chi connectivity index (χ0v) is 19.5. The number of rotatable bonds is 6. The summed E-state index contributed by atoms with van der Waals surface area (Å²) in [6.45, 7) is 3.51. The van der Waals surface area contributed by atoms with Gasteiger partial charge in [-0.05, 0) is 62.1 Å². The lowest BCUT2D eigenvalue weighted by atomic mass is 9.97. The van der Waals surface area contributed by atoms with Gasteiger partial charge in [0, 0.05) is 22.1 Å². The van der Waals surface area contributed by atoms with E-state index in [0.717, 1.165) is 0 Å². The van der Waals surface area contributed by atoms with Crippen LogP contribution in [0, 0.1) is 13.8 Å². The number of aryl methyl sites for hydroxylation is 2. The van der Waals surface area contributed by atoms with Gasteiger partial charge in [0.05, 0.1) is 27.5 Å². The van der Waals surface area contributed by atoms with Crippen LogP contribution in [0.4, 0.5) is 0 Å². The van der Waals surface area contributed by atoms with Gasteiger partial charge < -0.3 is 14.8 Å². The van der Waals surface area contributed by atoms with Crippen LogP contribution < -0.4 is 5.73 Å². The van der Waals surface area contributed by atoms with Crippen LogP contribution >= 0.6 is 0 Å². The zero-order chi connectivity index (χ0) is 23.7. The Morgan fingerprint density at radius 3 is 2.55 bits per heavy atom. The van der Waals surface area contributed by atoms with E-state index in [1.54, 1.807) is 44.2 Å². The fraction of sp³-hybridized carbons (Fsp3) is 0.273. The second-order valence-electron chi connectivity index (χ2n) is 8.29. The molecule has 0 spiro atoms. The number of hydrogen-bond acceptors (Lipinski definition) is 7. The first-order valence-electron chi connectivity index (χ1n) is 10.2. The van der Waals surface area contributed by atoms with Crippen LogP contribution in [-0.4, -0.2) is 37.5 Å². The fourth-order valence-corrected chi connectivity index (χ4v) is 6.75. The molecule has 4 aromatic rings. The minimum atomic E-state index is -3.79. The zero-order valence-electron chi connectivity index (χ0n) is 17.8. The summed E-state index contributed by atoms with van der Waals surface area (Å²) in [5.74, 6) is -0.451. The maximum absolute atomic E-state index is 13.4. The van der Waals surface area contributed by atoms with Gasteiger partial charge in [-0.2, -0.15) is 0 Å². The van der Waals surface area contributed by atoms with E-state index in [1.807, 2.05) is 0 Å². The fourth-order valence-electron chi connectivity index (χ4n) is 4.39. The minimum absolute atomic E-state index is 0.0527. The van der Waals surface area contributed by atoms with Crippen molar-refractivity contribution in [3.63, 3.8) is 0 Å². The van der Waals surface area contributed by atoms with Crippen molar-refractivity contribution in [2.75, 3.05) is 0 Å². The summed E-state index contributed by atoms with van der Waals surface area (Å²) in [5, 5.41) is 4.44. The molecule has 1 aliphatic rings. The van der Waals surface area contributed by atoms with Gasteiger partial charge in [0.15, 0.2) is 0 Å². The predicted octanol–water partition coefficient (Wildman–Crippen LogP) is 2.88. The molecule has 33 heavy (non-hydrogen) atoms. The molecule has 0 saturated heterocycles. The summed E-state index contributed by atoms with van der Waals surface area (Å²) in [7, 11) is -3.79. The Labute approximate surface area is 191 Å². The van der Waals surface area contributed by atoms with E-state index in [-0.39, 0.29) is 16.8 Å². The van der Waals surface area contributed by atoms with E-state index in [0.29, 0.717) is 57.3 Å². The number of aromatic nitrogens is 2. The molecule has 0 radical (unpaired) electrons. The second-order valence-corrected chi connectivity index (χ2v) is 11.2. The third-order valence-electron chi connectivity index (χ3n) is 5.96. The second kappa shape index (κ2) is 7.51. The van der Waals surface area contributed by atoms with Crippen molar-refractivity contribution < 1.29 is 26.5 Å². The van der Waals surface area contributed by atoms with Crippen LogP contribution in [0.1, 0.15) is 40.2 Å². The van der Waals surface area contributed by atoms with Crippen molar-refractivity contribution in [2.24, 2.45) is 5.73 Å². The van der Waals surface area contributed by atoms with Crippen molar-refractivity contribution in [2.45, 2.75) is 37.7 Å². The highest BCUT2D eigenvalue weighted by molar-refractivity contribution is 7.91. The number of nitrogens with two attached hydrogens (primary N) is 1. The van der Waals surface area contributed by atoms with Gasteiger partial charge in [-0.3, -0.25) is 9.00 Å². The highest BCUT2D eigenvalue weighted by Crippen LogP contribution is 2.41. The molecule has 9 nitrogen and oxygen atoms in total. The van der Waals surface area contributed by atoms with Gasteiger partial charge in [-0.15, -0.1) is 0 Å². The third-order valence-corrected chi connectivity index (χ3v) is 8.73. The summed E-state index contributed by atoms with van der Waals surface area (Å²) in [5.41, 5.74) is 8.75. The van der Waals surface area contributed by atoms with Gasteiger partial charge in [0.25, 0.3) is 5.91 Å². The number of nitrogens with zero attached hydrogens (tertiary/aromatic N) is 2. The molecule has 1 amide bonds. The van der Waals surface area contributed by atoms with Crippen LogP contribution in [-0.2, 0) is 26.9 Å². The van der Waals surface area contributed by atoms with Gasteiger partial charge in [-0.1, -0.05) is 22.3 Å². The Morgan fingerprint density at radius 1 is 1.24 bits per heavy atom. The average molecular weight is 487 g/mol. The molecular formula is C22H20N3O6S2-. The van der Waals surface area contributed by atoms with Crippen molar-refractivity contribution in [3.8, 4) is 11.1 Å². The van der Waals surface area contributed by atoms with Crippen molar-refractivity contribution in [1.29, 1.82) is 0 Å². The Kier molecular flexibility index (Phi) is 4.96. The first-order chi connectivity index (χ1) is 15.6. The number of amides is 1. The first kappa shape index (κ1) is 21.8. The van der Waals surface area contributed by atoms with Crippen LogP contribution in [0.2, 0.25) is 0 Å². The highest BCUT2D eigenvalue weighted by Gasteiger charge is 2.39. The topological polar surface area (TPSA) is 148 Å². The van der Waals surface area contributed by atoms with E-state index in [9.17, 15) is 22.0 Å². The van der Waals surface area contributed by atoms with Crippen molar-refractivity contribution in [1.82, 2.24) is 9.13 Å². The molecular weight excluding hydrogens is 466 g/mol. The summed E-state index contributed by atoms with van der Waals surface area (Å²) in [4.78, 5) is 12.6. The summed E-state index contributed by atoms with van der Waals surface area (Å²) in [6.07, 6.45) is 1.08. The van der Waals surface area contributed by atoms with E-state index in [1.165, 1.54) is 3.97 Å². The maximum atomic E-state index is 13.4. The number of primary amides is 1. The molecule has 1 aliphatic carbocycles. The molecule has 11 heteroatoms. The SMILES string of the molecule is Cc1noc(C)c1-c1cc(C(N)=O)c2c(c1)c1cc(CS(=O)[O-])ccc1n2S(=O)(=O)C1CC1. The minimum Gasteiger partial charge on any atom is -0.772 e. The molecule has 1 atom stereocenters. The van der Waals surface area contributed by atoms with Gasteiger partial charge >= 0.3 is 0 Å². The molecule has 2 N–H and O–H groups in total. The van der Waals surface area contributed by atoms with Gasteiger partial charge in [0.2, 0.25) is 10.0 Å². The standard InChI is InChI=1S/C22H21N3O6S2/c1-11-20(12(2)31-24-11)14-8-17-16-7-13(10-32(27)28)3-6-19(16)25(33(29,30)15-4-5-15)21(17)18(9-14)22(23)26/h3,6-9,15H,4-5,10H2,1-2H3,(H2,23,26)(H,27,28)/p-1. The van der Waals surface area contributed by atoms with E-state index in [4.69, 9.17) is 10.3 Å². The summed E-state index contributed by atoms with van der Waals surface area (Å²) < 4.78 is 55.9. The van der Waals surface area contributed by atoms with E-state index >= 15 is 0 Å². The molecule has 1 unspecified atom stereocenters. The monoisotopic (exact) mass is 486 g/mol. The molecule has 2 aromatic heterocycles. The van der Waals surface area contributed by atoms with Gasteiger partial charge in [0.1, 0.15) is 5.76 Å². The molecule has 172 valence electrons. The number of benzene rings is 2. The Bertz CT molecular complexity index is 1580. The number of hydrogen-bond donors (Lipinski definition) is 1. The molecule has 5 rings (SSSR count). The number of fused-ring (bicyclic) bond motifs is 3. The molecule has 1 fully saturated rings. The van der Waals surface area contributed by atoms with Crippen LogP contribution in [0.25, 0.3) is 32.9 Å². The number of carbonyl (C=O) groups excluding carboxylic acids is 1. The molecule has 2 heterocycles. The van der Waals surface area contributed by atoms with Crippen LogP contribution in [0.3, 0.4) is 0 Å². The van der Waals surface area contributed by atoms with Crippen molar-refractivity contribution in [3.05, 3.63) is 52.9 Å². The summed E-state index contributed by atoms with van der Waals surface area (Å²) >= 11 is -2.32. The normalized spacial score (nSPS) is 15.4. The van der Waals surface area contributed by atoms with Crippen LogP contribution in [0.15, 0.2) is 34.9 Å². The largest absolute Gasteiger partial charge is 0.772 e. The predicted molar refractivity (Wildman–Crippen MR) is 123 cm³/mol. The average Bonchev–Trinajstić information content (AvgIpc) is 3.48. The van der Waals surface area contributed by atoms with E-state index < -0.39 is 32.3 Å². The Morgan fingerprint density at radius 2 is 1.97 bits per heavy atom. The molecule has 2 aromatic carbocycles. The van der Waals surface area contributed by atoms with E-state index in [2.05, 4.69) is 5.16 Å². The third kappa shape index (κ3) is 3.47. The smallest absolute Gasteiger partial charge is 0.250 e. The quantitative estimate of drug-likeness (QED) is 0.412. The Hall–Kier alpha value is -3.02. The summed E-state index contributed by atoms with van der Waals surface area (Å²) in [6, 6.07) is 8.14. The highest BCUT2D eigenvalue weighted by atomic mass is 32.2. The van der Waals surface area contributed by atoms with Crippen molar-refractivity contribution >= 4 is 48.8 Å².